The van der Waals surface area contributed by atoms with Gasteiger partial charge in [0.05, 0.1) is 23.4 Å². The normalized spacial score (nSPS) is 12.9. The molecule has 8 nitrogen and oxygen atoms in total. The van der Waals surface area contributed by atoms with E-state index in [4.69, 9.17) is 4.42 Å². The number of Topliss-reactive ketones (excluding diaryl/α,β-unsaturated/α-hetero) is 1. The van der Waals surface area contributed by atoms with Gasteiger partial charge in [-0.25, -0.2) is 0 Å². The monoisotopic (exact) mass is 448 g/mol. The molecule has 9 heteroatoms. The molecule has 1 aliphatic heterocycles. The lowest BCUT2D eigenvalue weighted by Gasteiger charge is -2.19. The first kappa shape index (κ1) is 21.7. The largest absolute Gasteiger partial charge is 0.461 e. The van der Waals surface area contributed by atoms with Crippen molar-refractivity contribution in [3.8, 4) is 17.7 Å². The van der Waals surface area contributed by atoms with Gasteiger partial charge in [-0.05, 0) is 30.2 Å². The molecule has 0 radical (unpaired) electrons. The number of allylic oxidation sites excluding steroid dienone is 1. The molecule has 1 aromatic carbocycles. The summed E-state index contributed by atoms with van der Waals surface area (Å²) in [5, 5.41) is 19.0. The number of fused-ring (bicyclic) bond motifs is 1. The number of carbonyl (C=O) groups excluding carboxylic acids is 1. The maximum absolute atomic E-state index is 13.1. The smallest absolute Gasteiger partial charge is 0.200 e. The van der Waals surface area contributed by atoms with Crippen LogP contribution in [0.15, 0.2) is 63.6 Å². The Morgan fingerprint density at radius 3 is 2.38 bits per heavy atom. The van der Waals surface area contributed by atoms with Crippen LogP contribution in [0.2, 0.25) is 0 Å². The summed E-state index contributed by atoms with van der Waals surface area (Å²) in [6, 6.07) is 13.6. The number of thioether (sulfide) groups is 1. The van der Waals surface area contributed by atoms with E-state index in [1.807, 2.05) is 58.8 Å². The highest BCUT2D eigenvalue weighted by molar-refractivity contribution is 7.99. The zero-order valence-electron chi connectivity index (χ0n) is 18.4. The van der Waals surface area contributed by atoms with E-state index in [2.05, 4.69) is 30.1 Å². The molecule has 0 bridgehead atoms. The van der Waals surface area contributed by atoms with Crippen molar-refractivity contribution in [2.75, 3.05) is 29.6 Å². The molecule has 0 fully saturated rings. The van der Waals surface area contributed by atoms with E-state index in [0.29, 0.717) is 35.0 Å². The van der Waals surface area contributed by atoms with Gasteiger partial charge < -0.3 is 14.2 Å². The van der Waals surface area contributed by atoms with E-state index in [1.54, 1.807) is 12.3 Å². The average Bonchev–Trinajstić information content (AvgIpc) is 3.49. The van der Waals surface area contributed by atoms with Crippen LogP contribution in [0.5, 0.6) is 0 Å². The van der Waals surface area contributed by atoms with Crippen molar-refractivity contribution >= 4 is 28.9 Å². The third-order valence-electron chi connectivity index (χ3n) is 5.19. The topological polar surface area (TPSA) is 91.2 Å². The van der Waals surface area contributed by atoms with E-state index in [0.717, 1.165) is 11.4 Å². The van der Waals surface area contributed by atoms with Crippen LogP contribution in [0.3, 0.4) is 0 Å². The highest BCUT2D eigenvalue weighted by atomic mass is 32.2. The molecule has 4 rings (SSSR count). The lowest BCUT2D eigenvalue weighted by molar-refractivity contribution is -0.112. The van der Waals surface area contributed by atoms with Gasteiger partial charge in [-0.1, -0.05) is 37.7 Å². The molecule has 0 amide bonds. The molecule has 0 atom stereocenters. The second kappa shape index (κ2) is 8.93. The number of hydrogen-bond acceptors (Lipinski definition) is 8. The van der Waals surface area contributed by atoms with Crippen molar-refractivity contribution in [2.45, 2.75) is 25.5 Å². The fraction of sp³-hybridized carbons (Fsp3) is 0.304. The molecule has 0 saturated heterocycles. The summed E-state index contributed by atoms with van der Waals surface area (Å²) in [4.78, 5) is 16.9. The standard InChI is InChI=1S/C23H24N6O2S/c1-15(2)13-29-21(20-10-7-11-31-20)25-26-23(29)32-14-19(30)16(12-24)22-27(3)17-8-5-6-9-18(17)28(22)4/h5-11,15H,13-14H2,1-4H3. The van der Waals surface area contributed by atoms with Crippen LogP contribution in [0.25, 0.3) is 11.6 Å². The number of hydrogen-bond donors (Lipinski definition) is 0. The quantitative estimate of drug-likeness (QED) is 0.302. The zero-order chi connectivity index (χ0) is 22.8. The van der Waals surface area contributed by atoms with Gasteiger partial charge >= 0.3 is 0 Å². The molecule has 164 valence electrons. The number of rotatable bonds is 7. The first-order chi connectivity index (χ1) is 15.4. The van der Waals surface area contributed by atoms with Crippen LogP contribution in [0.4, 0.5) is 11.4 Å². The Kier molecular flexibility index (Phi) is 6.06. The second-order valence-electron chi connectivity index (χ2n) is 7.92. The molecular formula is C23H24N6O2S. The summed E-state index contributed by atoms with van der Waals surface area (Å²) in [5.41, 5.74) is 2.04. The van der Waals surface area contributed by atoms with Gasteiger partial charge in [0, 0.05) is 20.6 Å². The van der Waals surface area contributed by atoms with Gasteiger partial charge in [0.1, 0.15) is 17.5 Å². The van der Waals surface area contributed by atoms with Crippen LogP contribution >= 0.6 is 11.8 Å². The van der Waals surface area contributed by atoms with Crippen LogP contribution in [-0.4, -0.2) is 40.4 Å². The number of nitriles is 1. The van der Waals surface area contributed by atoms with Crippen LogP contribution in [0.1, 0.15) is 13.8 Å². The van der Waals surface area contributed by atoms with Crippen molar-refractivity contribution in [3.05, 3.63) is 54.1 Å². The Labute approximate surface area is 191 Å². The minimum absolute atomic E-state index is 0.0821. The number of aromatic nitrogens is 3. The van der Waals surface area contributed by atoms with Gasteiger partial charge in [-0.2, -0.15) is 5.26 Å². The number of nitrogens with zero attached hydrogens (tertiary/aromatic N) is 6. The SMILES string of the molecule is CC(C)Cn1c(SCC(=O)C(C#N)=C2N(C)c3ccccc3N2C)nnc1-c1ccco1. The summed E-state index contributed by atoms with van der Waals surface area (Å²) < 4.78 is 7.46. The Balaban J connectivity index is 1.59. The van der Waals surface area contributed by atoms with Crippen LogP contribution in [0, 0.1) is 17.2 Å². The second-order valence-corrected chi connectivity index (χ2v) is 8.86. The van der Waals surface area contributed by atoms with E-state index in [9.17, 15) is 10.1 Å². The van der Waals surface area contributed by atoms with Crippen molar-refractivity contribution in [2.24, 2.45) is 5.92 Å². The fourth-order valence-corrected chi connectivity index (χ4v) is 4.59. The Hall–Kier alpha value is -3.51. The summed E-state index contributed by atoms with van der Waals surface area (Å²) in [6.07, 6.45) is 1.60. The molecule has 32 heavy (non-hydrogen) atoms. The number of ketones is 1. The molecular weight excluding hydrogens is 424 g/mol. The van der Waals surface area contributed by atoms with Crippen LogP contribution in [-0.2, 0) is 11.3 Å². The number of furan rings is 1. The summed E-state index contributed by atoms with van der Waals surface area (Å²) in [7, 11) is 3.73. The third kappa shape index (κ3) is 3.89. The Morgan fingerprint density at radius 2 is 1.81 bits per heavy atom. The summed E-state index contributed by atoms with van der Waals surface area (Å²) >= 11 is 1.28. The molecule has 3 heterocycles. The highest BCUT2D eigenvalue weighted by Crippen LogP contribution is 2.40. The van der Waals surface area contributed by atoms with Gasteiger partial charge in [-0.15, -0.1) is 10.2 Å². The molecule has 3 aromatic rings. The van der Waals surface area contributed by atoms with Crippen molar-refractivity contribution in [1.29, 1.82) is 5.26 Å². The molecule has 0 N–H and O–H groups in total. The van der Waals surface area contributed by atoms with Gasteiger partial charge in [0.2, 0.25) is 0 Å². The molecule has 2 aromatic heterocycles. The lowest BCUT2D eigenvalue weighted by atomic mass is 10.2. The van der Waals surface area contributed by atoms with E-state index >= 15 is 0 Å². The number of para-hydroxylation sites is 2. The maximum atomic E-state index is 13.1. The number of benzene rings is 1. The van der Waals surface area contributed by atoms with E-state index in [1.165, 1.54) is 11.8 Å². The third-order valence-corrected chi connectivity index (χ3v) is 6.16. The van der Waals surface area contributed by atoms with Crippen LogP contribution < -0.4 is 9.80 Å². The van der Waals surface area contributed by atoms with Crippen molar-refractivity contribution in [1.82, 2.24) is 14.8 Å². The van der Waals surface area contributed by atoms with Gasteiger partial charge in [0.15, 0.2) is 22.5 Å². The highest BCUT2D eigenvalue weighted by Gasteiger charge is 2.31. The van der Waals surface area contributed by atoms with E-state index < -0.39 is 0 Å². The van der Waals surface area contributed by atoms with Gasteiger partial charge in [-0.3, -0.25) is 9.36 Å². The lowest BCUT2D eigenvalue weighted by Crippen LogP contribution is -2.26. The Bertz CT molecular complexity index is 1170. The van der Waals surface area contributed by atoms with E-state index in [-0.39, 0.29) is 17.1 Å². The number of carbonyl (C=O) groups is 1. The van der Waals surface area contributed by atoms with Crippen molar-refractivity contribution < 1.29 is 9.21 Å². The predicted octanol–water partition coefficient (Wildman–Crippen LogP) is 4.18. The maximum Gasteiger partial charge on any atom is 0.200 e. The molecule has 1 aliphatic rings. The fourth-order valence-electron chi connectivity index (χ4n) is 3.77. The summed E-state index contributed by atoms with van der Waals surface area (Å²) in [5.74, 6) is 2.02. The molecule has 0 unspecified atom stereocenters. The van der Waals surface area contributed by atoms with Gasteiger partial charge in [0.25, 0.3) is 0 Å². The minimum atomic E-state index is -0.252. The zero-order valence-corrected chi connectivity index (χ0v) is 19.3. The molecule has 0 saturated carbocycles. The molecule has 0 aliphatic carbocycles. The van der Waals surface area contributed by atoms with Crippen molar-refractivity contribution in [3.63, 3.8) is 0 Å². The first-order valence-electron chi connectivity index (χ1n) is 10.3. The molecule has 0 spiro atoms. The summed E-state index contributed by atoms with van der Waals surface area (Å²) in [6.45, 7) is 4.90. The average molecular weight is 449 g/mol. The number of anilines is 2. The first-order valence-corrected chi connectivity index (χ1v) is 11.2. The predicted molar refractivity (Wildman–Crippen MR) is 124 cm³/mol. The Morgan fingerprint density at radius 1 is 1.12 bits per heavy atom. The minimum Gasteiger partial charge on any atom is -0.461 e.